The van der Waals surface area contributed by atoms with E-state index in [1.54, 1.807) is 18.2 Å². The van der Waals surface area contributed by atoms with Crippen LogP contribution in [0.3, 0.4) is 0 Å². The molecular weight excluding hydrogens is 264 g/mol. The van der Waals surface area contributed by atoms with E-state index >= 15 is 0 Å². The molecule has 0 saturated heterocycles. The first kappa shape index (κ1) is 15.7. The maximum atomic E-state index is 9.61. The van der Waals surface area contributed by atoms with E-state index in [4.69, 9.17) is 27.8 Å². The van der Waals surface area contributed by atoms with Crippen molar-refractivity contribution in [3.05, 3.63) is 23.8 Å². The highest BCUT2D eigenvalue weighted by Crippen LogP contribution is 2.31. The van der Waals surface area contributed by atoms with E-state index in [1.165, 1.54) is 7.11 Å². The Bertz CT molecular complexity index is 440. The van der Waals surface area contributed by atoms with Gasteiger partial charge in [0.05, 0.1) is 24.7 Å². The third-order valence-electron chi connectivity index (χ3n) is 2.95. The van der Waals surface area contributed by atoms with Crippen molar-refractivity contribution < 1.29 is 14.9 Å². The van der Waals surface area contributed by atoms with Gasteiger partial charge in [0, 0.05) is 6.54 Å². The number of nitrogens with two attached hydrogens (primary N) is 1. The molecule has 1 unspecified atom stereocenters. The fourth-order valence-electron chi connectivity index (χ4n) is 2.02. The summed E-state index contributed by atoms with van der Waals surface area (Å²) in [7, 11) is 1.49. The molecule has 0 spiro atoms. The number of aliphatic hydroxyl groups is 1. The van der Waals surface area contributed by atoms with E-state index in [0.717, 1.165) is 5.56 Å². The summed E-state index contributed by atoms with van der Waals surface area (Å²) in [6, 6.07) is 4.72. The average molecular weight is 284 g/mol. The topological polar surface area (TPSA) is 79.0 Å². The lowest BCUT2D eigenvalue weighted by Gasteiger charge is -2.29. The monoisotopic (exact) mass is 284 g/mol. The van der Waals surface area contributed by atoms with Crippen LogP contribution in [0.4, 0.5) is 0 Å². The average Bonchev–Trinajstić information content (AvgIpc) is 2.39. The molecule has 0 radical (unpaired) electrons. The maximum Gasteiger partial charge on any atom is 0.160 e. The number of ether oxygens (including phenoxy) is 1. The third kappa shape index (κ3) is 3.79. The van der Waals surface area contributed by atoms with Crippen molar-refractivity contribution in [1.29, 1.82) is 0 Å². The number of aromatic hydroxyl groups is 1. The van der Waals surface area contributed by atoms with E-state index in [1.807, 2.05) is 11.8 Å². The predicted octanol–water partition coefficient (Wildman–Crippen LogP) is 1.04. The smallest absolute Gasteiger partial charge is 0.160 e. The van der Waals surface area contributed by atoms with Crippen molar-refractivity contribution in [3.63, 3.8) is 0 Å². The van der Waals surface area contributed by atoms with Gasteiger partial charge in [0.25, 0.3) is 0 Å². The summed E-state index contributed by atoms with van der Waals surface area (Å²) >= 11 is 5.12. The highest BCUT2D eigenvalue weighted by atomic mass is 32.1. The summed E-state index contributed by atoms with van der Waals surface area (Å²) in [6.07, 6.45) is 0. The van der Waals surface area contributed by atoms with Gasteiger partial charge in [-0.1, -0.05) is 25.2 Å². The molecule has 5 nitrogen and oxygen atoms in total. The number of phenolic OH excluding ortho intramolecular Hbond substituents is 1. The number of hydrogen-bond acceptors (Lipinski definition) is 5. The Kier molecular flexibility index (Phi) is 6.01. The summed E-state index contributed by atoms with van der Waals surface area (Å²) in [4.78, 5) is 2.29. The van der Waals surface area contributed by atoms with Crippen LogP contribution in [0.2, 0.25) is 0 Å². The van der Waals surface area contributed by atoms with E-state index in [2.05, 4.69) is 0 Å². The number of nitrogens with zero attached hydrogens (tertiary/aromatic N) is 1. The van der Waals surface area contributed by atoms with Crippen molar-refractivity contribution in [2.75, 3.05) is 26.8 Å². The summed E-state index contributed by atoms with van der Waals surface area (Å²) in [6.45, 7) is 3.17. The first-order valence-electron chi connectivity index (χ1n) is 6.06. The Morgan fingerprint density at radius 3 is 2.68 bits per heavy atom. The Hall–Kier alpha value is -1.37. The molecule has 0 aliphatic rings. The number of methoxy groups -OCH3 is 1. The molecule has 6 heteroatoms. The van der Waals surface area contributed by atoms with Crippen LogP contribution in [-0.4, -0.2) is 46.9 Å². The second-order valence-corrected chi connectivity index (χ2v) is 4.56. The number of phenols is 1. The van der Waals surface area contributed by atoms with Gasteiger partial charge in [-0.25, -0.2) is 0 Å². The molecule has 0 heterocycles. The number of likely N-dealkylation sites (N-methyl/N-ethyl adjacent to an activating group) is 1. The third-order valence-corrected chi connectivity index (χ3v) is 3.17. The molecule has 19 heavy (non-hydrogen) atoms. The van der Waals surface area contributed by atoms with Gasteiger partial charge in [-0.2, -0.15) is 0 Å². The lowest BCUT2D eigenvalue weighted by Crippen LogP contribution is -2.38. The molecule has 1 atom stereocenters. The second-order valence-electron chi connectivity index (χ2n) is 4.09. The van der Waals surface area contributed by atoms with Gasteiger partial charge in [-0.3, -0.25) is 4.90 Å². The van der Waals surface area contributed by atoms with Crippen molar-refractivity contribution in [1.82, 2.24) is 4.90 Å². The fourth-order valence-corrected chi connectivity index (χ4v) is 2.30. The molecule has 0 amide bonds. The molecule has 0 aliphatic heterocycles. The van der Waals surface area contributed by atoms with Gasteiger partial charge >= 0.3 is 0 Å². The Balaban J connectivity index is 3.14. The van der Waals surface area contributed by atoms with Gasteiger partial charge in [0.15, 0.2) is 11.5 Å². The van der Waals surface area contributed by atoms with Crippen molar-refractivity contribution in [2.45, 2.75) is 13.0 Å². The quantitative estimate of drug-likeness (QED) is 0.649. The molecule has 0 fully saturated rings. The molecular formula is C13H20N2O3S. The van der Waals surface area contributed by atoms with Crippen LogP contribution >= 0.6 is 12.2 Å². The number of aliphatic hydroxyl groups excluding tert-OH is 1. The van der Waals surface area contributed by atoms with Crippen LogP contribution in [0.15, 0.2) is 18.2 Å². The molecule has 4 N–H and O–H groups in total. The first-order chi connectivity index (χ1) is 9.04. The number of thiocarbonyl (C=S) groups is 1. The highest BCUT2D eigenvalue weighted by Gasteiger charge is 2.22. The molecule has 0 aromatic heterocycles. The van der Waals surface area contributed by atoms with Gasteiger partial charge in [0.2, 0.25) is 0 Å². The first-order valence-corrected chi connectivity index (χ1v) is 6.47. The van der Waals surface area contributed by atoms with Gasteiger partial charge in [0.1, 0.15) is 0 Å². The van der Waals surface area contributed by atoms with E-state index < -0.39 is 0 Å². The summed E-state index contributed by atoms with van der Waals surface area (Å²) in [5, 5.41) is 18.7. The molecule has 1 rings (SSSR count). The molecule has 0 aliphatic carbocycles. The summed E-state index contributed by atoms with van der Waals surface area (Å²) in [5.41, 5.74) is 6.64. The van der Waals surface area contributed by atoms with Crippen molar-refractivity contribution in [2.24, 2.45) is 5.73 Å². The molecule has 0 saturated carbocycles. The Morgan fingerprint density at radius 1 is 1.53 bits per heavy atom. The van der Waals surface area contributed by atoms with E-state index in [9.17, 15) is 5.11 Å². The van der Waals surface area contributed by atoms with Gasteiger partial charge in [-0.15, -0.1) is 0 Å². The normalized spacial score (nSPS) is 12.4. The van der Waals surface area contributed by atoms with Crippen LogP contribution in [0.25, 0.3) is 0 Å². The lowest BCUT2D eigenvalue weighted by atomic mass is 10.0. The Morgan fingerprint density at radius 2 is 2.21 bits per heavy atom. The number of rotatable bonds is 7. The minimum absolute atomic E-state index is 0.0299. The highest BCUT2D eigenvalue weighted by molar-refractivity contribution is 7.80. The Labute approximate surface area is 118 Å². The predicted molar refractivity (Wildman–Crippen MR) is 78.5 cm³/mol. The zero-order valence-electron chi connectivity index (χ0n) is 11.2. The fraction of sp³-hybridized carbons (Fsp3) is 0.462. The molecule has 0 bridgehead atoms. The molecule has 106 valence electrons. The maximum absolute atomic E-state index is 9.61. The minimum Gasteiger partial charge on any atom is -0.504 e. The van der Waals surface area contributed by atoms with Crippen LogP contribution in [0, 0.1) is 0 Å². The largest absolute Gasteiger partial charge is 0.504 e. The summed E-state index contributed by atoms with van der Waals surface area (Å²) in [5.74, 6) is 0.442. The SMILES string of the molecule is CCN(CCO)C(C(N)=S)c1ccc(O)c(OC)c1. The van der Waals surface area contributed by atoms with E-state index in [-0.39, 0.29) is 18.4 Å². The van der Waals surface area contributed by atoms with Crippen LogP contribution in [-0.2, 0) is 0 Å². The van der Waals surface area contributed by atoms with Crippen molar-refractivity contribution in [3.8, 4) is 11.5 Å². The minimum atomic E-state index is -0.290. The standard InChI is InChI=1S/C13H20N2O3S/c1-3-15(6-7-16)12(13(14)19)9-4-5-10(17)11(8-9)18-2/h4-5,8,12,16-17H,3,6-7H2,1-2H3,(H2,14,19). The van der Waals surface area contributed by atoms with Gasteiger partial charge in [-0.05, 0) is 24.2 Å². The van der Waals surface area contributed by atoms with E-state index in [0.29, 0.717) is 23.8 Å². The zero-order chi connectivity index (χ0) is 14.4. The van der Waals surface area contributed by atoms with Gasteiger partial charge < -0.3 is 20.7 Å². The molecule has 1 aromatic rings. The van der Waals surface area contributed by atoms with Crippen LogP contribution in [0.5, 0.6) is 11.5 Å². The number of hydrogen-bond donors (Lipinski definition) is 3. The lowest BCUT2D eigenvalue weighted by molar-refractivity contribution is 0.185. The summed E-state index contributed by atoms with van der Waals surface area (Å²) < 4.78 is 5.09. The zero-order valence-corrected chi connectivity index (χ0v) is 12.0. The number of benzene rings is 1. The van der Waals surface area contributed by atoms with Crippen molar-refractivity contribution >= 4 is 17.2 Å². The van der Waals surface area contributed by atoms with Crippen LogP contribution in [0.1, 0.15) is 18.5 Å². The van der Waals surface area contributed by atoms with Crippen LogP contribution < -0.4 is 10.5 Å². The molecule has 1 aromatic carbocycles. The second kappa shape index (κ2) is 7.28.